The number of benzene rings is 1. The minimum Gasteiger partial charge on any atom is -0.344 e. The number of aromatic nitrogens is 1. The summed E-state index contributed by atoms with van der Waals surface area (Å²) in [5.74, 6) is 2.10. The fraction of sp³-hybridized carbons (Fsp3) is 0.680. The largest absolute Gasteiger partial charge is 0.344 e. The SMILES string of the molecule is c1ccc2c(c1)ccn2C1CC2CCC[C@H](C1)N2C1CC2CCC[C@@H](C2)C1. The molecule has 0 amide bonds. The predicted molar refractivity (Wildman–Crippen MR) is 112 cm³/mol. The number of fused-ring (bicyclic) bond motifs is 5. The van der Waals surface area contributed by atoms with Gasteiger partial charge in [0, 0.05) is 35.9 Å². The molecular formula is C25H34N2. The van der Waals surface area contributed by atoms with Gasteiger partial charge in [-0.3, -0.25) is 4.90 Å². The lowest BCUT2D eigenvalue weighted by Crippen LogP contribution is -2.58. The van der Waals surface area contributed by atoms with E-state index in [2.05, 4.69) is 46.0 Å². The van der Waals surface area contributed by atoms with Gasteiger partial charge < -0.3 is 4.57 Å². The van der Waals surface area contributed by atoms with E-state index in [1.165, 1.54) is 75.1 Å². The zero-order valence-corrected chi connectivity index (χ0v) is 16.6. The maximum atomic E-state index is 3.08. The second-order valence-electron chi connectivity index (χ2n) is 10.1. The average Bonchev–Trinajstić information content (AvgIpc) is 3.11. The molecule has 27 heavy (non-hydrogen) atoms. The van der Waals surface area contributed by atoms with Crippen LogP contribution < -0.4 is 0 Å². The zero-order valence-electron chi connectivity index (χ0n) is 16.6. The van der Waals surface area contributed by atoms with Crippen LogP contribution in [0.25, 0.3) is 10.9 Å². The van der Waals surface area contributed by atoms with Gasteiger partial charge in [-0.05, 0) is 74.3 Å². The predicted octanol–water partition coefficient (Wildman–Crippen LogP) is 6.17. The fourth-order valence-corrected chi connectivity index (χ4v) is 7.57. The summed E-state index contributed by atoms with van der Waals surface area (Å²) in [5.41, 5.74) is 1.45. The molecule has 0 spiro atoms. The number of rotatable bonds is 2. The van der Waals surface area contributed by atoms with Crippen molar-refractivity contribution in [3.8, 4) is 0 Å². The molecule has 6 atom stereocenters. The van der Waals surface area contributed by atoms with Crippen LogP contribution >= 0.6 is 0 Å². The van der Waals surface area contributed by atoms with Crippen molar-refractivity contribution in [3.05, 3.63) is 36.5 Å². The van der Waals surface area contributed by atoms with Gasteiger partial charge in [-0.2, -0.15) is 0 Å². The first-order valence-corrected chi connectivity index (χ1v) is 11.7. The van der Waals surface area contributed by atoms with Crippen LogP contribution in [-0.2, 0) is 0 Å². The van der Waals surface area contributed by atoms with Gasteiger partial charge in [0.2, 0.25) is 0 Å². The van der Waals surface area contributed by atoms with Crippen molar-refractivity contribution >= 4 is 10.9 Å². The van der Waals surface area contributed by atoms with Crippen LogP contribution in [0.2, 0.25) is 0 Å². The van der Waals surface area contributed by atoms with E-state index in [9.17, 15) is 0 Å². The van der Waals surface area contributed by atoms with Gasteiger partial charge in [-0.25, -0.2) is 0 Å². The molecule has 2 nitrogen and oxygen atoms in total. The minimum absolute atomic E-state index is 0.708. The first-order valence-electron chi connectivity index (χ1n) is 11.7. The first kappa shape index (κ1) is 16.7. The summed E-state index contributed by atoms with van der Waals surface area (Å²) in [4.78, 5) is 3.08. The van der Waals surface area contributed by atoms with Crippen molar-refractivity contribution in [1.29, 1.82) is 0 Å². The van der Waals surface area contributed by atoms with E-state index < -0.39 is 0 Å². The second-order valence-corrected chi connectivity index (χ2v) is 10.1. The third kappa shape index (κ3) is 2.87. The van der Waals surface area contributed by atoms with Crippen molar-refractivity contribution in [2.45, 2.75) is 94.8 Å². The van der Waals surface area contributed by atoms with E-state index in [1.807, 2.05) is 0 Å². The third-order valence-electron chi connectivity index (χ3n) is 8.55. The Hall–Kier alpha value is -1.28. The second kappa shape index (κ2) is 6.65. The summed E-state index contributed by atoms with van der Waals surface area (Å²) in [7, 11) is 0. The molecule has 0 N–H and O–H groups in total. The molecule has 2 heteroatoms. The van der Waals surface area contributed by atoms with Crippen LogP contribution in [0.4, 0.5) is 0 Å². The van der Waals surface area contributed by atoms with Gasteiger partial charge in [0.1, 0.15) is 0 Å². The average molecular weight is 363 g/mol. The lowest BCUT2D eigenvalue weighted by Gasteiger charge is -2.55. The quantitative estimate of drug-likeness (QED) is 0.620. The van der Waals surface area contributed by atoms with E-state index in [1.54, 1.807) is 6.42 Å². The van der Waals surface area contributed by atoms with Crippen molar-refractivity contribution in [2.75, 3.05) is 0 Å². The van der Waals surface area contributed by atoms with Crippen molar-refractivity contribution in [3.63, 3.8) is 0 Å². The Bertz CT molecular complexity index is 782. The number of hydrogen-bond acceptors (Lipinski definition) is 1. The maximum Gasteiger partial charge on any atom is 0.0482 e. The molecular weight excluding hydrogens is 328 g/mol. The Morgan fingerprint density at radius 1 is 0.630 bits per heavy atom. The molecule has 4 aliphatic rings. The van der Waals surface area contributed by atoms with Crippen molar-refractivity contribution < 1.29 is 0 Å². The number of para-hydroxylation sites is 1. The van der Waals surface area contributed by atoms with E-state index in [-0.39, 0.29) is 0 Å². The normalized spacial score (nSPS) is 39.6. The number of piperidine rings is 2. The standard InChI is InChI=1S/C25H34N2/c1-2-10-25-20(7-1)11-12-26(25)23-16-21-8-4-9-22(17-23)27(21)24-14-18-5-3-6-19(13-18)15-24/h1-2,7,10-12,18-19,21-24H,3-6,8-9,13-17H2/t18-,19?,21+,22?,23?,24?/m0/s1. The highest BCUT2D eigenvalue weighted by molar-refractivity contribution is 5.80. The molecule has 4 unspecified atom stereocenters. The Balaban J connectivity index is 1.26. The van der Waals surface area contributed by atoms with Crippen LogP contribution in [0.15, 0.2) is 36.5 Å². The summed E-state index contributed by atoms with van der Waals surface area (Å²) in [6.07, 6.45) is 18.6. The highest BCUT2D eigenvalue weighted by atomic mass is 15.2. The summed E-state index contributed by atoms with van der Waals surface area (Å²) >= 11 is 0. The summed E-state index contributed by atoms with van der Waals surface area (Å²) in [6, 6.07) is 14.6. The summed E-state index contributed by atoms with van der Waals surface area (Å²) in [6.45, 7) is 0. The molecule has 4 bridgehead atoms. The smallest absolute Gasteiger partial charge is 0.0482 e. The third-order valence-corrected chi connectivity index (χ3v) is 8.55. The van der Waals surface area contributed by atoms with Crippen LogP contribution in [-0.4, -0.2) is 27.6 Å². The first-order chi connectivity index (χ1) is 13.3. The Kier molecular flexibility index (Phi) is 4.10. The minimum atomic E-state index is 0.708. The molecule has 2 aliphatic carbocycles. The van der Waals surface area contributed by atoms with Crippen molar-refractivity contribution in [1.82, 2.24) is 9.47 Å². The van der Waals surface area contributed by atoms with Crippen LogP contribution in [0.3, 0.4) is 0 Å². The lowest BCUT2D eigenvalue weighted by atomic mass is 9.68. The molecule has 1 aromatic carbocycles. The van der Waals surface area contributed by atoms with E-state index in [4.69, 9.17) is 0 Å². The molecule has 2 saturated heterocycles. The van der Waals surface area contributed by atoms with E-state index >= 15 is 0 Å². The highest BCUT2D eigenvalue weighted by Crippen LogP contribution is 2.47. The van der Waals surface area contributed by atoms with Gasteiger partial charge in [-0.1, -0.05) is 43.9 Å². The fourth-order valence-electron chi connectivity index (χ4n) is 7.57. The lowest BCUT2D eigenvalue weighted by molar-refractivity contribution is -0.0482. The molecule has 1 aromatic heterocycles. The highest BCUT2D eigenvalue weighted by Gasteiger charge is 2.45. The Labute approximate surface area is 163 Å². The molecule has 3 heterocycles. The summed E-state index contributed by atoms with van der Waals surface area (Å²) in [5, 5.41) is 1.41. The van der Waals surface area contributed by atoms with Crippen LogP contribution in [0.1, 0.15) is 76.7 Å². The molecule has 0 radical (unpaired) electrons. The number of nitrogens with zero attached hydrogens (tertiary/aromatic N) is 2. The molecule has 144 valence electrons. The molecule has 2 aliphatic heterocycles. The van der Waals surface area contributed by atoms with Gasteiger partial charge in [0.05, 0.1) is 0 Å². The van der Waals surface area contributed by atoms with Gasteiger partial charge in [-0.15, -0.1) is 0 Å². The van der Waals surface area contributed by atoms with E-state index in [0.717, 1.165) is 30.0 Å². The van der Waals surface area contributed by atoms with E-state index in [0.29, 0.717) is 6.04 Å². The van der Waals surface area contributed by atoms with Gasteiger partial charge in [0.25, 0.3) is 0 Å². The Morgan fingerprint density at radius 3 is 2.11 bits per heavy atom. The molecule has 2 saturated carbocycles. The maximum absolute atomic E-state index is 3.08. The zero-order chi connectivity index (χ0) is 17.8. The van der Waals surface area contributed by atoms with Crippen LogP contribution in [0.5, 0.6) is 0 Å². The van der Waals surface area contributed by atoms with Crippen molar-refractivity contribution in [2.24, 2.45) is 11.8 Å². The molecule has 2 aromatic rings. The van der Waals surface area contributed by atoms with Gasteiger partial charge >= 0.3 is 0 Å². The van der Waals surface area contributed by atoms with Gasteiger partial charge in [0.15, 0.2) is 0 Å². The molecule has 4 fully saturated rings. The van der Waals surface area contributed by atoms with Crippen LogP contribution in [0, 0.1) is 11.8 Å². The topological polar surface area (TPSA) is 8.17 Å². The summed E-state index contributed by atoms with van der Waals surface area (Å²) < 4.78 is 2.62. The molecule has 6 rings (SSSR count). The Morgan fingerprint density at radius 2 is 1.33 bits per heavy atom. The monoisotopic (exact) mass is 362 g/mol. The number of hydrogen-bond donors (Lipinski definition) is 0.